The molecule has 0 spiro atoms. The highest BCUT2D eigenvalue weighted by molar-refractivity contribution is 7.07. The van der Waals surface area contributed by atoms with Crippen LogP contribution in [-0.4, -0.2) is 10.7 Å². The van der Waals surface area contributed by atoms with Crippen molar-refractivity contribution in [3.8, 4) is 5.75 Å². The van der Waals surface area contributed by atoms with E-state index >= 15 is 0 Å². The largest absolute Gasteiger partial charge is 0.490 e. The van der Waals surface area contributed by atoms with Gasteiger partial charge >= 0.3 is 0 Å². The third-order valence-corrected chi connectivity index (χ3v) is 6.73. The van der Waals surface area contributed by atoms with E-state index in [1.807, 2.05) is 105 Å². The van der Waals surface area contributed by atoms with Crippen LogP contribution in [0.5, 0.6) is 5.75 Å². The maximum atomic E-state index is 13.6. The predicted molar refractivity (Wildman–Crippen MR) is 139 cm³/mol. The SMILES string of the molecule is CC(C)Oc1ccccc1C=c1sc2n(c1=O)C(c1ccc(Cl)cc1)C=C(c1ccccc1)N=2. The fourth-order valence-corrected chi connectivity index (χ4v) is 5.08. The molecule has 4 aromatic rings. The van der Waals surface area contributed by atoms with Gasteiger partial charge in [0.15, 0.2) is 4.80 Å². The number of hydrogen-bond donors (Lipinski definition) is 0. The van der Waals surface area contributed by atoms with Gasteiger partial charge in [0.2, 0.25) is 0 Å². The fourth-order valence-electron chi connectivity index (χ4n) is 3.95. The van der Waals surface area contributed by atoms with Gasteiger partial charge in [0.1, 0.15) is 5.75 Å². The first-order valence-electron chi connectivity index (χ1n) is 11.1. The van der Waals surface area contributed by atoms with Crippen molar-refractivity contribution in [1.29, 1.82) is 0 Å². The van der Waals surface area contributed by atoms with Gasteiger partial charge in [0.25, 0.3) is 5.56 Å². The Balaban J connectivity index is 1.71. The Morgan fingerprint density at radius 1 is 1.00 bits per heavy atom. The van der Waals surface area contributed by atoms with E-state index in [9.17, 15) is 4.79 Å². The molecule has 0 radical (unpaired) electrons. The molecule has 0 N–H and O–H groups in total. The second kappa shape index (κ2) is 9.45. The highest BCUT2D eigenvalue weighted by Crippen LogP contribution is 2.28. The monoisotopic (exact) mass is 486 g/mol. The van der Waals surface area contributed by atoms with Crippen molar-refractivity contribution in [3.63, 3.8) is 0 Å². The third kappa shape index (κ3) is 4.49. The lowest BCUT2D eigenvalue weighted by Crippen LogP contribution is -2.36. The number of nitrogens with zero attached hydrogens (tertiary/aromatic N) is 2. The van der Waals surface area contributed by atoms with Crippen molar-refractivity contribution < 1.29 is 4.74 Å². The van der Waals surface area contributed by atoms with Crippen LogP contribution in [0.3, 0.4) is 0 Å². The molecule has 1 unspecified atom stereocenters. The zero-order valence-corrected chi connectivity index (χ0v) is 20.4. The molecule has 0 saturated carbocycles. The summed E-state index contributed by atoms with van der Waals surface area (Å²) in [6.07, 6.45) is 3.97. The summed E-state index contributed by atoms with van der Waals surface area (Å²) in [6, 6.07) is 25.1. The van der Waals surface area contributed by atoms with Crippen molar-refractivity contribution in [1.82, 2.24) is 4.57 Å². The first-order chi connectivity index (χ1) is 16.5. The normalized spacial score (nSPS) is 15.6. The summed E-state index contributed by atoms with van der Waals surface area (Å²) < 4.78 is 8.33. The average Bonchev–Trinajstić information content (AvgIpc) is 3.15. The molecule has 1 aromatic heterocycles. The Morgan fingerprint density at radius 2 is 1.71 bits per heavy atom. The van der Waals surface area contributed by atoms with Gasteiger partial charge in [-0.3, -0.25) is 9.36 Å². The molecule has 6 heteroatoms. The van der Waals surface area contributed by atoms with Gasteiger partial charge in [0, 0.05) is 10.6 Å². The molecule has 34 heavy (non-hydrogen) atoms. The molecule has 2 heterocycles. The lowest BCUT2D eigenvalue weighted by atomic mass is 10.0. The Hall–Kier alpha value is -3.41. The minimum atomic E-state index is -0.284. The van der Waals surface area contributed by atoms with Crippen LogP contribution in [0.25, 0.3) is 11.8 Å². The van der Waals surface area contributed by atoms with Crippen molar-refractivity contribution in [3.05, 3.63) is 126 Å². The van der Waals surface area contributed by atoms with E-state index in [-0.39, 0.29) is 17.7 Å². The van der Waals surface area contributed by atoms with Crippen molar-refractivity contribution in [2.24, 2.45) is 4.99 Å². The Labute approximate surface area is 206 Å². The predicted octanol–water partition coefficient (Wildman–Crippen LogP) is 5.44. The molecule has 1 atom stereocenters. The Bertz CT molecular complexity index is 1530. The van der Waals surface area contributed by atoms with Gasteiger partial charge in [-0.1, -0.05) is 83.6 Å². The van der Waals surface area contributed by atoms with Gasteiger partial charge in [-0.2, -0.15) is 0 Å². The van der Waals surface area contributed by atoms with Crippen molar-refractivity contribution in [2.45, 2.75) is 26.0 Å². The minimum absolute atomic E-state index is 0.0362. The second-order valence-corrected chi connectivity index (χ2v) is 9.74. The topological polar surface area (TPSA) is 43.6 Å². The maximum Gasteiger partial charge on any atom is 0.271 e. The van der Waals surface area contributed by atoms with Crippen LogP contribution in [0, 0.1) is 0 Å². The van der Waals surface area contributed by atoms with Crippen LogP contribution in [0.15, 0.2) is 94.7 Å². The number of halogens is 1. The molecule has 1 aliphatic heterocycles. The molecule has 4 nitrogen and oxygen atoms in total. The zero-order chi connectivity index (χ0) is 23.7. The molecule has 3 aromatic carbocycles. The first-order valence-corrected chi connectivity index (χ1v) is 12.3. The highest BCUT2D eigenvalue weighted by Gasteiger charge is 2.22. The summed E-state index contributed by atoms with van der Waals surface area (Å²) in [7, 11) is 0. The number of fused-ring (bicyclic) bond motifs is 1. The summed E-state index contributed by atoms with van der Waals surface area (Å²) in [5.41, 5.74) is 3.62. The van der Waals surface area contributed by atoms with Crippen LogP contribution in [0.1, 0.15) is 36.6 Å². The molecule has 5 rings (SSSR count). The van der Waals surface area contributed by atoms with E-state index in [4.69, 9.17) is 21.3 Å². The molecule has 1 aliphatic rings. The van der Waals surface area contributed by atoms with Crippen molar-refractivity contribution in [2.75, 3.05) is 0 Å². The van der Waals surface area contributed by atoms with Crippen LogP contribution in [0.4, 0.5) is 0 Å². The second-order valence-electron chi connectivity index (χ2n) is 8.30. The molecule has 0 amide bonds. The van der Waals surface area contributed by atoms with Gasteiger partial charge in [-0.05, 0) is 55.3 Å². The number of thiazole rings is 1. The third-order valence-electron chi connectivity index (χ3n) is 5.50. The van der Waals surface area contributed by atoms with Crippen molar-refractivity contribution >= 4 is 34.7 Å². The number of rotatable bonds is 5. The summed E-state index contributed by atoms with van der Waals surface area (Å²) >= 11 is 7.52. The fraction of sp³-hybridized carbons (Fsp3) is 0.143. The number of benzene rings is 3. The zero-order valence-electron chi connectivity index (χ0n) is 18.8. The van der Waals surface area contributed by atoms with Gasteiger partial charge < -0.3 is 4.74 Å². The van der Waals surface area contributed by atoms with Gasteiger partial charge in [-0.25, -0.2) is 4.99 Å². The first kappa shape index (κ1) is 22.4. The molecular weight excluding hydrogens is 464 g/mol. The number of hydrogen-bond acceptors (Lipinski definition) is 4. The standard InChI is InChI=1S/C28H23ClN2O2S/c1-18(2)33-25-11-7-6-10-21(25)16-26-27(32)31-24(20-12-14-22(29)15-13-20)17-23(30-28(31)34-26)19-8-4-3-5-9-19/h3-18,24H,1-2H3. The molecule has 170 valence electrons. The molecular formula is C28H23ClN2O2S. The minimum Gasteiger partial charge on any atom is -0.490 e. The van der Waals surface area contributed by atoms with E-state index in [0.717, 1.165) is 28.1 Å². The van der Waals surface area contributed by atoms with E-state index in [2.05, 4.69) is 0 Å². The lowest BCUT2D eigenvalue weighted by molar-refractivity contribution is 0.242. The van der Waals surface area contributed by atoms with Gasteiger partial charge in [-0.15, -0.1) is 0 Å². The van der Waals surface area contributed by atoms with E-state index in [1.54, 1.807) is 4.57 Å². The molecule has 0 aliphatic carbocycles. The van der Waals surface area contributed by atoms with E-state index < -0.39 is 0 Å². The average molecular weight is 487 g/mol. The van der Waals surface area contributed by atoms with E-state index in [1.165, 1.54) is 11.3 Å². The van der Waals surface area contributed by atoms with Crippen LogP contribution in [0.2, 0.25) is 5.02 Å². The summed E-state index contributed by atoms with van der Waals surface area (Å²) in [6.45, 7) is 3.98. The summed E-state index contributed by atoms with van der Waals surface area (Å²) in [5, 5.41) is 0.658. The molecule has 0 fully saturated rings. The number of aromatic nitrogens is 1. The lowest BCUT2D eigenvalue weighted by Gasteiger charge is -2.19. The maximum absolute atomic E-state index is 13.6. The van der Waals surface area contributed by atoms with Crippen LogP contribution in [-0.2, 0) is 0 Å². The number of para-hydroxylation sites is 1. The smallest absolute Gasteiger partial charge is 0.271 e. The summed E-state index contributed by atoms with van der Waals surface area (Å²) in [4.78, 5) is 19.2. The Morgan fingerprint density at radius 3 is 2.44 bits per heavy atom. The van der Waals surface area contributed by atoms with E-state index in [0.29, 0.717) is 14.4 Å². The molecule has 0 bridgehead atoms. The number of allylic oxidation sites excluding steroid dienone is 1. The quantitative estimate of drug-likeness (QED) is 0.377. The number of ether oxygens (including phenoxy) is 1. The van der Waals surface area contributed by atoms with Crippen LogP contribution >= 0.6 is 22.9 Å². The molecule has 0 saturated heterocycles. The highest BCUT2D eigenvalue weighted by atomic mass is 35.5. The van der Waals surface area contributed by atoms with Gasteiger partial charge in [0.05, 0.1) is 22.4 Å². The summed E-state index contributed by atoms with van der Waals surface area (Å²) in [5.74, 6) is 0.752. The van der Waals surface area contributed by atoms with Crippen LogP contribution < -0.4 is 19.6 Å². The Kier molecular flexibility index (Phi) is 6.22.